The molecule has 1 atom stereocenters. The maximum absolute atomic E-state index is 8.86. The normalized spacial score (nSPS) is 12.6. The molecule has 19 heavy (non-hydrogen) atoms. The Morgan fingerprint density at radius 1 is 1.32 bits per heavy atom. The van der Waals surface area contributed by atoms with Gasteiger partial charge in [-0.25, -0.2) is 0 Å². The molecule has 1 heterocycles. The monoisotopic (exact) mass is 277 g/mol. The second-order valence-electron chi connectivity index (χ2n) is 4.68. The summed E-state index contributed by atoms with van der Waals surface area (Å²) in [7, 11) is 0. The van der Waals surface area contributed by atoms with E-state index in [1.165, 1.54) is 5.56 Å². The van der Waals surface area contributed by atoms with E-state index in [9.17, 15) is 0 Å². The molecule has 0 spiro atoms. The Morgan fingerprint density at radius 2 is 2.05 bits per heavy atom. The maximum atomic E-state index is 8.86. The lowest BCUT2D eigenvalue weighted by Gasteiger charge is -2.06. The van der Waals surface area contributed by atoms with E-state index in [4.69, 9.17) is 9.63 Å². The predicted octanol–water partition coefficient (Wildman–Crippen LogP) is 3.65. The first-order chi connectivity index (χ1) is 9.19. The van der Waals surface area contributed by atoms with Gasteiger partial charge in [-0.3, -0.25) is 0 Å². The Bertz CT molecular complexity index is 507. The highest BCUT2D eigenvalue weighted by Gasteiger charge is 2.08. The summed E-state index contributed by atoms with van der Waals surface area (Å²) in [5.41, 5.74) is 3.19. The van der Waals surface area contributed by atoms with Crippen LogP contribution in [0.5, 0.6) is 0 Å². The fraction of sp³-hybridized carbons (Fsp3) is 0.400. The number of thioether (sulfide) groups is 1. The lowest BCUT2D eigenvalue weighted by Crippen LogP contribution is -1.99. The van der Waals surface area contributed by atoms with Crippen molar-refractivity contribution < 1.29 is 9.63 Å². The van der Waals surface area contributed by atoms with Crippen molar-refractivity contribution in [2.45, 2.75) is 31.3 Å². The molecule has 1 aromatic carbocycles. The van der Waals surface area contributed by atoms with E-state index >= 15 is 0 Å². The van der Waals surface area contributed by atoms with Crippen molar-refractivity contribution in [2.24, 2.45) is 0 Å². The summed E-state index contributed by atoms with van der Waals surface area (Å²) in [4.78, 5) is 0. The number of aryl methyl sites for hydroxylation is 1. The highest BCUT2D eigenvalue weighted by molar-refractivity contribution is 7.99. The van der Waals surface area contributed by atoms with Crippen LogP contribution < -0.4 is 0 Å². The average molecular weight is 277 g/mol. The average Bonchev–Trinajstić information content (AvgIpc) is 2.86. The summed E-state index contributed by atoms with van der Waals surface area (Å²) in [6, 6.07) is 10.2. The number of benzene rings is 1. The SMILES string of the molecule is Cc1ccc(-c2cc(CSC(C)CCO)on2)cc1. The summed E-state index contributed by atoms with van der Waals surface area (Å²) >= 11 is 1.77. The van der Waals surface area contributed by atoms with E-state index in [1.807, 2.05) is 6.07 Å². The molecule has 0 fully saturated rings. The summed E-state index contributed by atoms with van der Waals surface area (Å²) in [6.45, 7) is 4.41. The number of rotatable bonds is 6. The summed E-state index contributed by atoms with van der Waals surface area (Å²) < 4.78 is 5.34. The third kappa shape index (κ3) is 4.11. The van der Waals surface area contributed by atoms with E-state index in [2.05, 4.69) is 43.3 Å². The van der Waals surface area contributed by atoms with E-state index < -0.39 is 0 Å². The van der Waals surface area contributed by atoms with Crippen LogP contribution in [0.4, 0.5) is 0 Å². The molecule has 0 aliphatic rings. The third-order valence-electron chi connectivity index (χ3n) is 2.95. The van der Waals surface area contributed by atoms with Crippen molar-refractivity contribution in [3.05, 3.63) is 41.7 Å². The zero-order chi connectivity index (χ0) is 13.7. The Kier molecular flexibility index (Phi) is 5.05. The van der Waals surface area contributed by atoms with E-state index in [0.717, 1.165) is 29.2 Å². The molecule has 0 saturated heterocycles. The van der Waals surface area contributed by atoms with Crippen LogP contribution in [0.15, 0.2) is 34.9 Å². The van der Waals surface area contributed by atoms with Gasteiger partial charge in [0.25, 0.3) is 0 Å². The molecular weight excluding hydrogens is 258 g/mol. The molecule has 102 valence electrons. The van der Waals surface area contributed by atoms with E-state index in [1.54, 1.807) is 11.8 Å². The number of hydrogen-bond donors (Lipinski definition) is 1. The van der Waals surface area contributed by atoms with Crippen molar-refractivity contribution >= 4 is 11.8 Å². The van der Waals surface area contributed by atoms with Gasteiger partial charge in [0, 0.05) is 23.5 Å². The van der Waals surface area contributed by atoms with E-state index in [-0.39, 0.29) is 6.61 Å². The van der Waals surface area contributed by atoms with Crippen molar-refractivity contribution in [2.75, 3.05) is 6.61 Å². The largest absolute Gasteiger partial charge is 0.396 e. The fourth-order valence-electron chi connectivity index (χ4n) is 1.73. The third-order valence-corrected chi connectivity index (χ3v) is 4.21. The van der Waals surface area contributed by atoms with Crippen LogP contribution >= 0.6 is 11.8 Å². The smallest absolute Gasteiger partial charge is 0.147 e. The molecule has 1 N–H and O–H groups in total. The number of nitrogens with zero attached hydrogens (tertiary/aromatic N) is 1. The van der Waals surface area contributed by atoms with Crippen LogP contribution in [0, 0.1) is 6.92 Å². The molecule has 3 nitrogen and oxygen atoms in total. The van der Waals surface area contributed by atoms with Crippen LogP contribution in [0.3, 0.4) is 0 Å². The lowest BCUT2D eigenvalue weighted by molar-refractivity contribution is 0.289. The quantitative estimate of drug-likeness (QED) is 0.875. The van der Waals surface area contributed by atoms with Crippen molar-refractivity contribution in [1.29, 1.82) is 0 Å². The number of aliphatic hydroxyl groups is 1. The zero-order valence-corrected chi connectivity index (χ0v) is 12.1. The minimum absolute atomic E-state index is 0.235. The first-order valence-corrected chi connectivity index (χ1v) is 7.49. The van der Waals surface area contributed by atoms with Gasteiger partial charge in [-0.05, 0) is 13.3 Å². The van der Waals surface area contributed by atoms with Gasteiger partial charge in [0.2, 0.25) is 0 Å². The molecule has 1 aromatic heterocycles. The minimum atomic E-state index is 0.235. The van der Waals surface area contributed by atoms with Crippen LogP contribution in [0.25, 0.3) is 11.3 Å². The van der Waals surface area contributed by atoms with Crippen molar-refractivity contribution in [1.82, 2.24) is 5.16 Å². The standard InChI is InChI=1S/C15H19NO2S/c1-11-3-5-13(6-4-11)15-9-14(18-16-15)10-19-12(2)7-8-17/h3-6,9,12,17H,7-8,10H2,1-2H3. The maximum Gasteiger partial charge on any atom is 0.147 e. The molecule has 0 bridgehead atoms. The molecular formula is C15H19NO2S. The van der Waals surface area contributed by atoms with Gasteiger partial charge in [0.05, 0.1) is 5.75 Å². The van der Waals surface area contributed by atoms with Crippen LogP contribution in [-0.2, 0) is 5.75 Å². The first kappa shape index (κ1) is 14.2. The molecule has 0 aliphatic heterocycles. The lowest BCUT2D eigenvalue weighted by atomic mass is 10.1. The number of aliphatic hydroxyl groups excluding tert-OH is 1. The van der Waals surface area contributed by atoms with Crippen molar-refractivity contribution in [3.63, 3.8) is 0 Å². The van der Waals surface area contributed by atoms with Gasteiger partial charge < -0.3 is 9.63 Å². The molecule has 0 saturated carbocycles. The van der Waals surface area contributed by atoms with Crippen LogP contribution in [0.2, 0.25) is 0 Å². The number of aromatic nitrogens is 1. The summed E-state index contributed by atoms with van der Waals surface area (Å²) in [6.07, 6.45) is 0.809. The van der Waals surface area contributed by atoms with Gasteiger partial charge >= 0.3 is 0 Å². The minimum Gasteiger partial charge on any atom is -0.396 e. The Hall–Kier alpha value is -1.26. The molecule has 0 radical (unpaired) electrons. The summed E-state index contributed by atoms with van der Waals surface area (Å²) in [5, 5.41) is 13.4. The number of hydrogen-bond acceptors (Lipinski definition) is 4. The molecule has 4 heteroatoms. The second-order valence-corrected chi connectivity index (χ2v) is 6.11. The van der Waals surface area contributed by atoms with E-state index in [0.29, 0.717) is 5.25 Å². The summed E-state index contributed by atoms with van der Waals surface area (Å²) in [5.74, 6) is 1.67. The zero-order valence-electron chi connectivity index (χ0n) is 11.3. The highest BCUT2D eigenvalue weighted by Crippen LogP contribution is 2.24. The van der Waals surface area contributed by atoms with Crippen molar-refractivity contribution in [3.8, 4) is 11.3 Å². The van der Waals surface area contributed by atoms with Crippen LogP contribution in [-0.4, -0.2) is 22.1 Å². The Labute approximate surface area is 118 Å². The molecule has 0 aliphatic carbocycles. The highest BCUT2D eigenvalue weighted by atomic mass is 32.2. The first-order valence-electron chi connectivity index (χ1n) is 6.44. The second kappa shape index (κ2) is 6.78. The Morgan fingerprint density at radius 3 is 2.74 bits per heavy atom. The topological polar surface area (TPSA) is 46.3 Å². The predicted molar refractivity (Wildman–Crippen MR) is 79.1 cm³/mol. The Balaban J connectivity index is 1.97. The molecule has 0 amide bonds. The molecule has 2 aromatic rings. The van der Waals surface area contributed by atoms with Gasteiger partial charge in [-0.15, -0.1) is 0 Å². The molecule has 1 unspecified atom stereocenters. The van der Waals surface area contributed by atoms with Gasteiger partial charge in [-0.1, -0.05) is 41.9 Å². The van der Waals surface area contributed by atoms with Gasteiger partial charge in [0.1, 0.15) is 11.5 Å². The van der Waals surface area contributed by atoms with Gasteiger partial charge in [-0.2, -0.15) is 11.8 Å². The fourth-order valence-corrected chi connectivity index (χ4v) is 2.59. The molecule has 2 rings (SSSR count). The van der Waals surface area contributed by atoms with Crippen LogP contribution in [0.1, 0.15) is 24.7 Å². The van der Waals surface area contributed by atoms with Gasteiger partial charge in [0.15, 0.2) is 0 Å².